The van der Waals surface area contributed by atoms with Gasteiger partial charge in [0.05, 0.1) is 27.7 Å². The van der Waals surface area contributed by atoms with E-state index in [9.17, 15) is 19.0 Å². The number of ether oxygens (including phenoxy) is 2. The number of quaternary nitrogens is 1. The van der Waals surface area contributed by atoms with Gasteiger partial charge in [0.1, 0.15) is 19.8 Å². The zero-order chi connectivity index (χ0) is 36.5. The second-order valence-corrected chi connectivity index (χ2v) is 16.1. The van der Waals surface area contributed by atoms with E-state index in [-0.39, 0.29) is 25.6 Å². The number of phosphoric acid groups is 1. The lowest BCUT2D eigenvalue weighted by Gasteiger charge is -2.24. The van der Waals surface area contributed by atoms with Crippen LogP contribution in [-0.2, 0) is 32.7 Å². The summed E-state index contributed by atoms with van der Waals surface area (Å²) >= 11 is 0. The summed E-state index contributed by atoms with van der Waals surface area (Å²) in [4.78, 5) is 35.2. The molecule has 1 N–H and O–H groups in total. The lowest BCUT2D eigenvalue weighted by molar-refractivity contribution is -0.870. The predicted molar refractivity (Wildman–Crippen MR) is 201 cm³/mol. The minimum atomic E-state index is -4.36. The fourth-order valence-corrected chi connectivity index (χ4v) is 6.10. The van der Waals surface area contributed by atoms with Gasteiger partial charge in [0, 0.05) is 12.8 Å². The molecule has 0 aromatic carbocycles. The highest BCUT2D eigenvalue weighted by Gasteiger charge is 2.27. The van der Waals surface area contributed by atoms with Gasteiger partial charge in [-0.25, -0.2) is 4.57 Å². The van der Waals surface area contributed by atoms with E-state index in [0.717, 1.165) is 51.4 Å². The van der Waals surface area contributed by atoms with Crippen molar-refractivity contribution in [1.29, 1.82) is 0 Å². The highest BCUT2D eigenvalue weighted by molar-refractivity contribution is 7.47. The van der Waals surface area contributed by atoms with Crippen molar-refractivity contribution < 1.29 is 42.1 Å². The summed E-state index contributed by atoms with van der Waals surface area (Å²) in [6.07, 6.45) is 31.1. The Bertz CT molecular complexity index is 860. The molecule has 0 saturated heterocycles. The van der Waals surface area contributed by atoms with Crippen molar-refractivity contribution in [3.05, 3.63) is 12.2 Å². The molecule has 0 aromatic heterocycles. The van der Waals surface area contributed by atoms with Crippen LogP contribution in [0.25, 0.3) is 0 Å². The van der Waals surface area contributed by atoms with Crippen molar-refractivity contribution in [2.75, 3.05) is 47.5 Å². The van der Waals surface area contributed by atoms with E-state index in [0.29, 0.717) is 23.9 Å². The summed E-state index contributed by atoms with van der Waals surface area (Å²) in [6, 6.07) is 0. The third-order valence-electron chi connectivity index (χ3n) is 8.55. The van der Waals surface area contributed by atoms with Crippen LogP contribution in [0.1, 0.15) is 174 Å². The molecule has 9 nitrogen and oxygen atoms in total. The Balaban J connectivity index is 4.42. The number of hydrogen-bond donors (Lipinski definition) is 1. The molecule has 290 valence electrons. The molecule has 0 aliphatic rings. The van der Waals surface area contributed by atoms with Gasteiger partial charge in [0.2, 0.25) is 0 Å². The van der Waals surface area contributed by atoms with E-state index >= 15 is 0 Å². The van der Waals surface area contributed by atoms with Crippen LogP contribution in [0, 0.1) is 0 Å². The maximum absolute atomic E-state index is 12.6. The summed E-state index contributed by atoms with van der Waals surface area (Å²) in [5.41, 5.74) is 0. The summed E-state index contributed by atoms with van der Waals surface area (Å²) < 4.78 is 34.2. The molecule has 0 saturated carbocycles. The van der Waals surface area contributed by atoms with Gasteiger partial charge in [-0.3, -0.25) is 18.6 Å². The largest absolute Gasteiger partial charge is 0.472 e. The zero-order valence-corrected chi connectivity index (χ0v) is 33.3. The standard InChI is InChI=1S/C39H76NO8P/c1-6-8-10-12-14-16-18-20-22-24-26-28-30-32-39(42)48-37(36-47-49(43,44)46-34-33-40(3,4)5)35-45-38(41)31-29-27-25-23-21-19-17-15-13-11-9-7-2/h16,18,37H,6-15,17,19-36H2,1-5H3/p+1/b18-16-/t37-/m1/s1. The minimum Gasteiger partial charge on any atom is -0.462 e. The second kappa shape index (κ2) is 32.6. The molecule has 0 aliphatic carbocycles. The molecular weight excluding hydrogens is 641 g/mol. The minimum absolute atomic E-state index is 0.0328. The van der Waals surface area contributed by atoms with Crippen LogP contribution in [0.4, 0.5) is 0 Å². The second-order valence-electron chi connectivity index (χ2n) is 14.7. The average Bonchev–Trinajstić information content (AvgIpc) is 3.04. The van der Waals surface area contributed by atoms with E-state index in [1.807, 2.05) is 21.1 Å². The summed E-state index contributed by atoms with van der Waals surface area (Å²) in [5.74, 6) is -0.804. The molecule has 0 amide bonds. The topological polar surface area (TPSA) is 108 Å². The molecular formula is C39H77NO8P+. The van der Waals surface area contributed by atoms with E-state index < -0.39 is 26.5 Å². The first-order valence-corrected chi connectivity index (χ1v) is 21.4. The average molecular weight is 719 g/mol. The van der Waals surface area contributed by atoms with Crippen LogP contribution >= 0.6 is 7.82 Å². The van der Waals surface area contributed by atoms with Gasteiger partial charge in [-0.1, -0.05) is 135 Å². The molecule has 0 spiro atoms. The predicted octanol–water partition coefficient (Wildman–Crippen LogP) is 10.6. The van der Waals surface area contributed by atoms with Crippen LogP contribution in [0.3, 0.4) is 0 Å². The van der Waals surface area contributed by atoms with Crippen LogP contribution in [-0.4, -0.2) is 74.9 Å². The number of nitrogens with zero attached hydrogens (tertiary/aromatic N) is 1. The lowest BCUT2D eigenvalue weighted by atomic mass is 10.0. The lowest BCUT2D eigenvalue weighted by Crippen LogP contribution is -2.37. The van der Waals surface area contributed by atoms with E-state index in [2.05, 4.69) is 26.0 Å². The van der Waals surface area contributed by atoms with Crippen molar-refractivity contribution in [1.82, 2.24) is 0 Å². The highest BCUT2D eigenvalue weighted by atomic mass is 31.2. The van der Waals surface area contributed by atoms with Gasteiger partial charge in [-0.15, -0.1) is 0 Å². The number of allylic oxidation sites excluding steroid dienone is 2. The Morgan fingerprint density at radius 1 is 0.612 bits per heavy atom. The monoisotopic (exact) mass is 719 g/mol. The Kier molecular flexibility index (Phi) is 31.8. The fraction of sp³-hybridized carbons (Fsp3) is 0.897. The normalized spacial score (nSPS) is 13.8. The number of hydrogen-bond acceptors (Lipinski definition) is 7. The third kappa shape index (κ3) is 36.3. The zero-order valence-electron chi connectivity index (χ0n) is 32.4. The van der Waals surface area contributed by atoms with E-state index in [1.54, 1.807) is 0 Å². The van der Waals surface area contributed by atoms with Crippen LogP contribution < -0.4 is 0 Å². The number of carbonyl (C=O) groups is 2. The van der Waals surface area contributed by atoms with Crippen molar-refractivity contribution in [2.45, 2.75) is 180 Å². The molecule has 0 fully saturated rings. The Morgan fingerprint density at radius 3 is 1.53 bits per heavy atom. The Hall–Kier alpha value is -1.25. The number of esters is 2. The molecule has 0 aliphatic heterocycles. The molecule has 49 heavy (non-hydrogen) atoms. The van der Waals surface area contributed by atoms with Gasteiger partial charge < -0.3 is 18.9 Å². The maximum atomic E-state index is 12.6. The molecule has 0 radical (unpaired) electrons. The summed E-state index contributed by atoms with van der Waals surface area (Å²) in [6.45, 7) is 4.39. The van der Waals surface area contributed by atoms with Crippen molar-refractivity contribution in [3.63, 3.8) is 0 Å². The summed E-state index contributed by atoms with van der Waals surface area (Å²) in [5, 5.41) is 0. The van der Waals surface area contributed by atoms with E-state index in [1.165, 1.54) is 89.9 Å². The van der Waals surface area contributed by atoms with Crippen molar-refractivity contribution in [2.24, 2.45) is 0 Å². The highest BCUT2D eigenvalue weighted by Crippen LogP contribution is 2.43. The number of phosphoric ester groups is 1. The quantitative estimate of drug-likeness (QED) is 0.0224. The Labute approximate surface area is 301 Å². The number of likely N-dealkylation sites (N-methyl/N-ethyl adjacent to an activating group) is 1. The smallest absolute Gasteiger partial charge is 0.462 e. The molecule has 10 heteroatoms. The van der Waals surface area contributed by atoms with Crippen molar-refractivity contribution >= 4 is 19.8 Å². The molecule has 0 aromatic rings. The fourth-order valence-electron chi connectivity index (χ4n) is 5.36. The van der Waals surface area contributed by atoms with Gasteiger partial charge >= 0.3 is 19.8 Å². The van der Waals surface area contributed by atoms with Crippen LogP contribution in [0.15, 0.2) is 12.2 Å². The van der Waals surface area contributed by atoms with Gasteiger partial charge in [0.25, 0.3) is 0 Å². The van der Waals surface area contributed by atoms with Crippen LogP contribution in [0.5, 0.6) is 0 Å². The van der Waals surface area contributed by atoms with Crippen molar-refractivity contribution in [3.8, 4) is 0 Å². The van der Waals surface area contributed by atoms with Gasteiger partial charge in [-0.2, -0.15) is 0 Å². The molecule has 0 rings (SSSR count). The van der Waals surface area contributed by atoms with Gasteiger partial charge in [0.15, 0.2) is 6.10 Å². The van der Waals surface area contributed by atoms with E-state index in [4.69, 9.17) is 18.5 Å². The number of unbranched alkanes of at least 4 members (excludes halogenated alkanes) is 20. The first-order chi connectivity index (χ1) is 23.5. The SMILES string of the molecule is CCCCCC/C=C\CCCCCCCC(=O)O[C@H](COC(=O)CCCCCCCCCCCCCC)COP(=O)(O)OCC[N+](C)(C)C. The Morgan fingerprint density at radius 2 is 1.04 bits per heavy atom. The third-order valence-corrected chi connectivity index (χ3v) is 9.53. The first kappa shape index (κ1) is 47.8. The van der Waals surface area contributed by atoms with Gasteiger partial charge in [-0.05, 0) is 38.5 Å². The number of carbonyl (C=O) groups excluding carboxylic acids is 2. The first-order valence-electron chi connectivity index (χ1n) is 19.9. The molecule has 2 atom stereocenters. The molecule has 0 bridgehead atoms. The number of rotatable bonds is 36. The van der Waals surface area contributed by atoms with Crippen LogP contribution in [0.2, 0.25) is 0 Å². The molecule has 0 heterocycles. The molecule has 1 unspecified atom stereocenters. The summed E-state index contributed by atoms with van der Waals surface area (Å²) in [7, 11) is 1.48. The maximum Gasteiger partial charge on any atom is 0.472 e.